The summed E-state index contributed by atoms with van der Waals surface area (Å²) in [5.74, 6) is 4.74. The highest BCUT2D eigenvalue weighted by atomic mass is 35.5. The normalized spacial score (nSPS) is 12.2. The van der Waals surface area contributed by atoms with Crippen LogP contribution in [-0.4, -0.2) is 7.11 Å². The van der Waals surface area contributed by atoms with E-state index in [1.165, 1.54) is 25.3 Å². The maximum atomic E-state index is 13.9. The largest absolute Gasteiger partial charge is 0.496 e. The van der Waals surface area contributed by atoms with Crippen LogP contribution in [0.4, 0.5) is 8.78 Å². The van der Waals surface area contributed by atoms with Crippen LogP contribution in [0.25, 0.3) is 0 Å². The van der Waals surface area contributed by atoms with Gasteiger partial charge in [0.2, 0.25) is 0 Å². The Kier molecular flexibility index (Phi) is 5.12. The number of nitrogens with two attached hydrogens (primary N) is 1. The average molecular weight is 313 g/mol. The van der Waals surface area contributed by atoms with Gasteiger partial charge in [-0.05, 0) is 42.3 Å². The molecule has 2 aromatic carbocycles. The van der Waals surface area contributed by atoms with Gasteiger partial charge in [0.15, 0.2) is 0 Å². The molecule has 0 aliphatic carbocycles. The number of benzene rings is 2. The Hall–Kier alpha value is -1.69. The van der Waals surface area contributed by atoms with Crippen molar-refractivity contribution >= 4 is 11.6 Å². The minimum absolute atomic E-state index is 0.109. The van der Waals surface area contributed by atoms with Gasteiger partial charge in [0, 0.05) is 10.6 Å². The number of halogens is 3. The highest BCUT2D eigenvalue weighted by molar-refractivity contribution is 6.30. The summed E-state index contributed by atoms with van der Waals surface area (Å²) in [7, 11) is 1.52. The van der Waals surface area contributed by atoms with E-state index < -0.39 is 17.7 Å². The number of hydrazine groups is 1. The fourth-order valence-electron chi connectivity index (χ4n) is 2.21. The van der Waals surface area contributed by atoms with Crippen LogP contribution in [0.1, 0.15) is 17.2 Å². The second-order valence-corrected chi connectivity index (χ2v) is 4.95. The Morgan fingerprint density at radius 3 is 2.48 bits per heavy atom. The van der Waals surface area contributed by atoms with Crippen molar-refractivity contribution < 1.29 is 13.5 Å². The van der Waals surface area contributed by atoms with Crippen LogP contribution in [0.2, 0.25) is 5.02 Å². The predicted molar refractivity (Wildman–Crippen MR) is 78.1 cm³/mol. The molecule has 0 radical (unpaired) electrons. The van der Waals surface area contributed by atoms with E-state index in [0.717, 1.165) is 0 Å². The fourth-order valence-corrected chi connectivity index (χ4v) is 2.41. The van der Waals surface area contributed by atoms with Crippen LogP contribution in [0, 0.1) is 11.6 Å². The van der Waals surface area contributed by atoms with Gasteiger partial charge in [-0.3, -0.25) is 11.3 Å². The zero-order chi connectivity index (χ0) is 15.4. The molecule has 3 N–H and O–H groups in total. The molecular formula is C15H15ClF2N2O. The van der Waals surface area contributed by atoms with E-state index >= 15 is 0 Å². The molecule has 2 aromatic rings. The lowest BCUT2D eigenvalue weighted by atomic mass is 9.98. The van der Waals surface area contributed by atoms with Crippen molar-refractivity contribution in [2.24, 2.45) is 5.84 Å². The van der Waals surface area contributed by atoms with Gasteiger partial charge < -0.3 is 4.74 Å². The smallest absolute Gasteiger partial charge is 0.130 e. The molecular weight excluding hydrogens is 298 g/mol. The molecule has 0 amide bonds. The monoisotopic (exact) mass is 312 g/mol. The summed E-state index contributed by atoms with van der Waals surface area (Å²) >= 11 is 5.95. The molecule has 0 saturated carbocycles. The van der Waals surface area contributed by atoms with E-state index in [0.29, 0.717) is 16.3 Å². The quantitative estimate of drug-likeness (QED) is 0.657. The highest BCUT2D eigenvalue weighted by Crippen LogP contribution is 2.29. The zero-order valence-corrected chi connectivity index (χ0v) is 12.1. The molecule has 0 spiro atoms. The van der Waals surface area contributed by atoms with Crippen molar-refractivity contribution in [2.45, 2.75) is 12.5 Å². The summed E-state index contributed by atoms with van der Waals surface area (Å²) in [6, 6.07) is 8.02. The van der Waals surface area contributed by atoms with Crippen LogP contribution in [0.3, 0.4) is 0 Å². The Morgan fingerprint density at radius 1 is 1.24 bits per heavy atom. The molecule has 0 aliphatic heterocycles. The van der Waals surface area contributed by atoms with E-state index in [-0.39, 0.29) is 12.0 Å². The first-order chi connectivity index (χ1) is 10.1. The van der Waals surface area contributed by atoms with Crippen molar-refractivity contribution in [1.82, 2.24) is 5.43 Å². The number of ether oxygens (including phenoxy) is 1. The maximum Gasteiger partial charge on any atom is 0.130 e. The van der Waals surface area contributed by atoms with Crippen LogP contribution >= 0.6 is 11.6 Å². The molecule has 2 rings (SSSR count). The summed E-state index contributed by atoms with van der Waals surface area (Å²) in [5.41, 5.74) is 3.04. The third-order valence-electron chi connectivity index (χ3n) is 3.22. The summed E-state index contributed by atoms with van der Waals surface area (Å²) < 4.78 is 32.9. The van der Waals surface area contributed by atoms with Gasteiger partial charge in [0.1, 0.15) is 17.4 Å². The molecule has 21 heavy (non-hydrogen) atoms. The molecule has 1 atom stereocenters. The van der Waals surface area contributed by atoms with E-state index in [9.17, 15) is 8.78 Å². The van der Waals surface area contributed by atoms with Gasteiger partial charge in [-0.2, -0.15) is 0 Å². The van der Waals surface area contributed by atoms with Crippen LogP contribution in [0.15, 0.2) is 36.4 Å². The first-order valence-corrected chi connectivity index (χ1v) is 6.67. The predicted octanol–water partition coefficient (Wildman–Crippen LogP) is 3.37. The van der Waals surface area contributed by atoms with Gasteiger partial charge in [0.25, 0.3) is 0 Å². The zero-order valence-electron chi connectivity index (χ0n) is 11.4. The number of rotatable bonds is 5. The van der Waals surface area contributed by atoms with Gasteiger partial charge in [0.05, 0.1) is 13.2 Å². The van der Waals surface area contributed by atoms with Gasteiger partial charge in [-0.1, -0.05) is 17.7 Å². The standard InChI is InChI=1S/C15H15ClF2N2O/c1-21-14-6-5-10(16)7-9(14)8-13(20-19)15-11(17)3-2-4-12(15)18/h2-7,13,20H,8,19H2,1H3. The van der Waals surface area contributed by atoms with Crippen LogP contribution in [-0.2, 0) is 6.42 Å². The van der Waals surface area contributed by atoms with E-state index in [4.69, 9.17) is 22.2 Å². The second-order valence-electron chi connectivity index (χ2n) is 4.51. The first-order valence-electron chi connectivity index (χ1n) is 6.29. The van der Waals surface area contributed by atoms with Gasteiger partial charge in [-0.25, -0.2) is 8.78 Å². The first kappa shape index (κ1) is 15.7. The van der Waals surface area contributed by atoms with Crippen LogP contribution < -0.4 is 16.0 Å². The lowest BCUT2D eigenvalue weighted by molar-refractivity contribution is 0.403. The molecule has 0 aliphatic rings. The van der Waals surface area contributed by atoms with E-state index in [1.807, 2.05) is 0 Å². The molecule has 0 aromatic heterocycles. The Balaban J connectivity index is 2.38. The molecule has 0 saturated heterocycles. The lowest BCUT2D eigenvalue weighted by Gasteiger charge is -2.19. The SMILES string of the molecule is COc1ccc(Cl)cc1CC(NN)c1c(F)cccc1F. The summed E-state index contributed by atoms with van der Waals surface area (Å²) in [4.78, 5) is 0. The van der Waals surface area contributed by atoms with Crippen molar-refractivity contribution in [3.8, 4) is 5.75 Å². The molecule has 3 nitrogen and oxygen atoms in total. The van der Waals surface area contributed by atoms with E-state index in [1.54, 1.807) is 18.2 Å². The average Bonchev–Trinajstić information content (AvgIpc) is 2.46. The fraction of sp³-hybridized carbons (Fsp3) is 0.200. The van der Waals surface area contributed by atoms with E-state index in [2.05, 4.69) is 5.43 Å². The Morgan fingerprint density at radius 2 is 1.90 bits per heavy atom. The highest BCUT2D eigenvalue weighted by Gasteiger charge is 2.21. The minimum Gasteiger partial charge on any atom is -0.496 e. The van der Waals surface area contributed by atoms with Crippen molar-refractivity contribution in [1.29, 1.82) is 0 Å². The molecule has 112 valence electrons. The van der Waals surface area contributed by atoms with Crippen molar-refractivity contribution in [3.05, 3.63) is 64.2 Å². The Labute approximate surface area is 126 Å². The number of hydrogen-bond acceptors (Lipinski definition) is 3. The second kappa shape index (κ2) is 6.85. The molecule has 1 unspecified atom stereocenters. The summed E-state index contributed by atoms with van der Waals surface area (Å²) in [6.45, 7) is 0. The third kappa shape index (κ3) is 3.50. The minimum atomic E-state index is -0.737. The molecule has 0 fully saturated rings. The Bertz CT molecular complexity index is 617. The number of hydrogen-bond donors (Lipinski definition) is 2. The van der Waals surface area contributed by atoms with Crippen molar-refractivity contribution in [2.75, 3.05) is 7.11 Å². The van der Waals surface area contributed by atoms with Gasteiger partial charge >= 0.3 is 0 Å². The maximum absolute atomic E-state index is 13.9. The van der Waals surface area contributed by atoms with Crippen LogP contribution in [0.5, 0.6) is 5.75 Å². The molecule has 0 bridgehead atoms. The third-order valence-corrected chi connectivity index (χ3v) is 3.45. The molecule has 6 heteroatoms. The topological polar surface area (TPSA) is 47.3 Å². The summed E-state index contributed by atoms with van der Waals surface area (Å²) in [5, 5.41) is 0.510. The lowest BCUT2D eigenvalue weighted by Crippen LogP contribution is -2.31. The van der Waals surface area contributed by atoms with Gasteiger partial charge in [-0.15, -0.1) is 0 Å². The summed E-state index contributed by atoms with van der Waals surface area (Å²) in [6.07, 6.45) is 0.234. The number of nitrogens with one attached hydrogen (secondary N) is 1. The molecule has 0 heterocycles. The number of methoxy groups -OCH3 is 1. The van der Waals surface area contributed by atoms with Crippen molar-refractivity contribution in [3.63, 3.8) is 0 Å².